The normalized spacial score (nSPS) is 13.6. The van der Waals surface area contributed by atoms with Gasteiger partial charge in [-0.3, -0.25) is 0 Å². The van der Waals surface area contributed by atoms with Gasteiger partial charge >= 0.3 is 0 Å². The van der Waals surface area contributed by atoms with E-state index in [1.165, 1.54) is 0 Å². The van der Waals surface area contributed by atoms with Gasteiger partial charge in [-0.15, -0.1) is 0 Å². The molecule has 0 spiro atoms. The Kier molecular flexibility index (Phi) is 5.78. The number of hydrogen-bond donors (Lipinski definition) is 2. The molecule has 0 radical (unpaired) electrons. The van der Waals surface area contributed by atoms with Gasteiger partial charge in [-0.1, -0.05) is 20.8 Å². The molecule has 92 valence electrons. The van der Waals surface area contributed by atoms with Gasteiger partial charge < -0.3 is 15.7 Å². The van der Waals surface area contributed by atoms with E-state index in [0.29, 0.717) is 6.54 Å². The van der Waals surface area contributed by atoms with Crippen LogP contribution in [0.25, 0.3) is 0 Å². The van der Waals surface area contributed by atoms with Crippen molar-refractivity contribution in [2.45, 2.75) is 46.6 Å². The zero-order valence-electron chi connectivity index (χ0n) is 11.0. The molecule has 0 aromatic heterocycles. The first-order chi connectivity index (χ1) is 6.70. The van der Waals surface area contributed by atoms with Crippen LogP contribution in [0.2, 0.25) is 0 Å². The van der Waals surface area contributed by atoms with Crippen LogP contribution in [0.15, 0.2) is 0 Å². The number of hydrogen-bond acceptors (Lipinski definition) is 3. The number of aliphatic hydroxyl groups is 1. The number of nitrogens with zero attached hydrogens (tertiary/aromatic N) is 1. The van der Waals surface area contributed by atoms with E-state index < -0.39 is 5.60 Å². The third-order valence-corrected chi connectivity index (χ3v) is 2.69. The van der Waals surface area contributed by atoms with Gasteiger partial charge in [0, 0.05) is 13.1 Å². The van der Waals surface area contributed by atoms with Gasteiger partial charge in [0.25, 0.3) is 0 Å². The lowest BCUT2D eigenvalue weighted by Crippen LogP contribution is -2.40. The average molecular weight is 216 g/mol. The van der Waals surface area contributed by atoms with Gasteiger partial charge in [0.2, 0.25) is 0 Å². The summed E-state index contributed by atoms with van der Waals surface area (Å²) in [5, 5.41) is 9.67. The van der Waals surface area contributed by atoms with Crippen molar-refractivity contribution in [3.8, 4) is 0 Å². The Balaban J connectivity index is 4.04. The minimum atomic E-state index is -0.569. The molecule has 0 amide bonds. The van der Waals surface area contributed by atoms with Crippen LogP contribution < -0.4 is 5.73 Å². The summed E-state index contributed by atoms with van der Waals surface area (Å²) >= 11 is 0. The zero-order valence-corrected chi connectivity index (χ0v) is 11.0. The van der Waals surface area contributed by atoms with Crippen LogP contribution in [-0.4, -0.2) is 41.8 Å². The fourth-order valence-electron chi connectivity index (χ4n) is 1.45. The lowest BCUT2D eigenvalue weighted by molar-refractivity contribution is 0.0530. The largest absolute Gasteiger partial charge is 0.390 e. The van der Waals surface area contributed by atoms with Crippen molar-refractivity contribution in [2.75, 3.05) is 26.2 Å². The molecule has 0 aliphatic rings. The summed E-state index contributed by atoms with van der Waals surface area (Å²) in [6.07, 6.45) is 0.807. The number of nitrogens with two attached hydrogens (primary N) is 1. The summed E-state index contributed by atoms with van der Waals surface area (Å²) < 4.78 is 0. The summed E-state index contributed by atoms with van der Waals surface area (Å²) in [4.78, 5) is 2.35. The first-order valence-electron chi connectivity index (χ1n) is 5.85. The molecule has 0 unspecified atom stereocenters. The summed E-state index contributed by atoms with van der Waals surface area (Å²) in [6, 6.07) is 0. The van der Waals surface area contributed by atoms with Crippen LogP contribution >= 0.6 is 0 Å². The fourth-order valence-corrected chi connectivity index (χ4v) is 1.45. The monoisotopic (exact) mass is 216 g/mol. The molecule has 3 N–H and O–H groups in total. The van der Waals surface area contributed by atoms with Crippen LogP contribution in [0, 0.1) is 5.41 Å². The van der Waals surface area contributed by atoms with E-state index in [4.69, 9.17) is 5.73 Å². The molecule has 0 saturated carbocycles. The molecule has 0 bridgehead atoms. The van der Waals surface area contributed by atoms with Crippen LogP contribution in [0.4, 0.5) is 0 Å². The Morgan fingerprint density at radius 3 is 2.07 bits per heavy atom. The molecule has 0 aromatic carbocycles. The summed E-state index contributed by atoms with van der Waals surface area (Å²) in [6.45, 7) is 13.9. The SMILES string of the molecule is CCN(CCC(C)(C)O)CC(C)(C)CN. The van der Waals surface area contributed by atoms with Crippen LogP contribution in [-0.2, 0) is 0 Å². The zero-order chi connectivity index (χ0) is 12.1. The first kappa shape index (κ1) is 14.9. The second kappa shape index (κ2) is 5.83. The standard InChI is InChI=1S/C12H28N2O/c1-6-14(8-7-12(4,5)15)10-11(2,3)9-13/h15H,6-10,13H2,1-5H3. The maximum Gasteiger partial charge on any atom is 0.0603 e. The highest BCUT2D eigenvalue weighted by Gasteiger charge is 2.21. The van der Waals surface area contributed by atoms with Gasteiger partial charge in [-0.25, -0.2) is 0 Å². The lowest BCUT2D eigenvalue weighted by Gasteiger charge is -2.32. The minimum Gasteiger partial charge on any atom is -0.390 e. The molecule has 15 heavy (non-hydrogen) atoms. The van der Waals surface area contributed by atoms with Crippen molar-refractivity contribution < 1.29 is 5.11 Å². The van der Waals surface area contributed by atoms with E-state index in [1.807, 2.05) is 13.8 Å². The Morgan fingerprint density at radius 1 is 1.20 bits per heavy atom. The maximum atomic E-state index is 9.67. The third-order valence-electron chi connectivity index (χ3n) is 2.69. The van der Waals surface area contributed by atoms with Gasteiger partial charge in [0.05, 0.1) is 5.60 Å². The van der Waals surface area contributed by atoms with Gasteiger partial charge in [-0.05, 0) is 38.8 Å². The molecular formula is C12H28N2O. The molecule has 3 heteroatoms. The second-order valence-electron chi connectivity index (χ2n) is 5.80. The highest BCUT2D eigenvalue weighted by molar-refractivity contribution is 4.76. The Hall–Kier alpha value is -0.120. The summed E-state index contributed by atoms with van der Waals surface area (Å²) in [5.74, 6) is 0. The van der Waals surface area contributed by atoms with Crippen LogP contribution in [0.5, 0.6) is 0 Å². The van der Waals surface area contributed by atoms with Crippen molar-refractivity contribution in [1.29, 1.82) is 0 Å². The quantitative estimate of drug-likeness (QED) is 0.677. The molecule has 0 rings (SSSR count). The Morgan fingerprint density at radius 2 is 1.73 bits per heavy atom. The molecule has 0 heterocycles. The van der Waals surface area contributed by atoms with Crippen molar-refractivity contribution in [3.63, 3.8) is 0 Å². The highest BCUT2D eigenvalue weighted by Crippen LogP contribution is 2.16. The predicted molar refractivity (Wildman–Crippen MR) is 65.9 cm³/mol. The van der Waals surface area contributed by atoms with Crippen molar-refractivity contribution in [1.82, 2.24) is 4.90 Å². The molecule has 3 nitrogen and oxygen atoms in total. The second-order valence-corrected chi connectivity index (χ2v) is 5.80. The molecule has 0 saturated heterocycles. The molecular weight excluding hydrogens is 188 g/mol. The Labute approximate surface area is 94.6 Å². The molecule has 0 atom stereocenters. The molecule has 0 aromatic rings. The maximum absolute atomic E-state index is 9.67. The molecule has 0 fully saturated rings. The van der Waals surface area contributed by atoms with Crippen LogP contribution in [0.1, 0.15) is 41.0 Å². The average Bonchev–Trinajstić information content (AvgIpc) is 2.11. The first-order valence-corrected chi connectivity index (χ1v) is 5.85. The smallest absolute Gasteiger partial charge is 0.0603 e. The van der Waals surface area contributed by atoms with Crippen molar-refractivity contribution in [3.05, 3.63) is 0 Å². The van der Waals surface area contributed by atoms with E-state index in [1.54, 1.807) is 0 Å². The Bertz CT molecular complexity index is 173. The molecule has 0 aliphatic carbocycles. The number of rotatable bonds is 7. The summed E-state index contributed by atoms with van der Waals surface area (Å²) in [5.41, 5.74) is 5.31. The van der Waals surface area contributed by atoms with Crippen LogP contribution in [0.3, 0.4) is 0 Å². The van der Waals surface area contributed by atoms with Crippen molar-refractivity contribution >= 4 is 0 Å². The van der Waals surface area contributed by atoms with Gasteiger partial charge in [-0.2, -0.15) is 0 Å². The van der Waals surface area contributed by atoms with E-state index in [0.717, 1.165) is 26.1 Å². The fraction of sp³-hybridized carbons (Fsp3) is 1.00. The van der Waals surface area contributed by atoms with E-state index in [9.17, 15) is 5.11 Å². The van der Waals surface area contributed by atoms with E-state index >= 15 is 0 Å². The van der Waals surface area contributed by atoms with E-state index in [-0.39, 0.29) is 5.41 Å². The van der Waals surface area contributed by atoms with E-state index in [2.05, 4.69) is 25.7 Å². The van der Waals surface area contributed by atoms with Gasteiger partial charge in [0.1, 0.15) is 0 Å². The van der Waals surface area contributed by atoms with Gasteiger partial charge in [0.15, 0.2) is 0 Å². The lowest BCUT2D eigenvalue weighted by atomic mass is 9.92. The molecule has 0 aliphatic heterocycles. The summed E-state index contributed by atoms with van der Waals surface area (Å²) in [7, 11) is 0. The minimum absolute atomic E-state index is 0.162. The predicted octanol–water partition coefficient (Wildman–Crippen LogP) is 1.45. The third kappa shape index (κ3) is 7.77. The highest BCUT2D eigenvalue weighted by atomic mass is 16.3. The topological polar surface area (TPSA) is 49.5 Å². The van der Waals surface area contributed by atoms with Crippen molar-refractivity contribution in [2.24, 2.45) is 11.1 Å².